The molecule has 2 aliphatic heterocycles. The summed E-state index contributed by atoms with van der Waals surface area (Å²) in [4.78, 5) is 20.6. The number of hydrogen-bond acceptors (Lipinski definition) is 5. The lowest BCUT2D eigenvalue weighted by molar-refractivity contribution is 0.242. The van der Waals surface area contributed by atoms with E-state index in [1.807, 2.05) is 18.6 Å². The average Bonchev–Trinajstić information content (AvgIpc) is 2.64. The highest BCUT2D eigenvalue weighted by atomic mass is 79.9. The van der Waals surface area contributed by atoms with Crippen LogP contribution in [0.5, 0.6) is 0 Å². The van der Waals surface area contributed by atoms with E-state index in [4.69, 9.17) is 4.98 Å². The third-order valence-electron chi connectivity index (χ3n) is 4.65. The van der Waals surface area contributed by atoms with Gasteiger partial charge in [-0.3, -0.25) is 14.9 Å². The molecule has 0 saturated heterocycles. The summed E-state index contributed by atoms with van der Waals surface area (Å²) in [5.74, 6) is 0.846. The van der Waals surface area contributed by atoms with E-state index in [1.54, 1.807) is 0 Å². The van der Waals surface area contributed by atoms with Gasteiger partial charge in [-0.15, -0.1) is 0 Å². The van der Waals surface area contributed by atoms with Gasteiger partial charge in [0, 0.05) is 61.2 Å². The van der Waals surface area contributed by atoms with E-state index in [2.05, 4.69) is 41.9 Å². The fourth-order valence-corrected chi connectivity index (χ4v) is 3.68. The van der Waals surface area contributed by atoms with Crippen LogP contribution in [-0.4, -0.2) is 38.7 Å². The van der Waals surface area contributed by atoms with Gasteiger partial charge in [0.05, 0.1) is 11.4 Å². The number of rotatable bonds is 3. The lowest BCUT2D eigenvalue weighted by Gasteiger charge is -2.28. The Labute approximate surface area is 150 Å². The molecule has 24 heavy (non-hydrogen) atoms. The molecule has 0 radical (unpaired) electrons. The largest absolute Gasteiger partial charge is 0.294 e. The van der Waals surface area contributed by atoms with E-state index in [9.17, 15) is 0 Å². The first-order chi connectivity index (χ1) is 11.8. The van der Waals surface area contributed by atoms with Crippen LogP contribution in [-0.2, 0) is 19.5 Å². The maximum atomic E-state index is 4.81. The maximum absolute atomic E-state index is 4.81. The van der Waals surface area contributed by atoms with Crippen molar-refractivity contribution in [3.05, 3.63) is 51.8 Å². The van der Waals surface area contributed by atoms with Crippen LogP contribution in [0.3, 0.4) is 0 Å². The van der Waals surface area contributed by atoms with E-state index >= 15 is 0 Å². The monoisotopic (exact) mass is 385 g/mol. The number of halogens is 1. The first-order valence-corrected chi connectivity index (χ1v) is 9.28. The SMILES string of the molecule is Brc1cnccc1CN1CCc2nc(C3=NCCCC3)ncc2C1. The highest BCUT2D eigenvalue weighted by Crippen LogP contribution is 2.22. The predicted octanol–water partition coefficient (Wildman–Crippen LogP) is 3.17. The summed E-state index contributed by atoms with van der Waals surface area (Å²) in [7, 11) is 0. The van der Waals surface area contributed by atoms with E-state index in [-0.39, 0.29) is 0 Å². The van der Waals surface area contributed by atoms with Crippen molar-refractivity contribution in [1.82, 2.24) is 19.9 Å². The van der Waals surface area contributed by atoms with Gasteiger partial charge >= 0.3 is 0 Å². The lowest BCUT2D eigenvalue weighted by Crippen LogP contribution is -2.31. The molecule has 5 nitrogen and oxygen atoms in total. The molecule has 0 aliphatic carbocycles. The van der Waals surface area contributed by atoms with Gasteiger partial charge < -0.3 is 0 Å². The third-order valence-corrected chi connectivity index (χ3v) is 5.36. The molecule has 124 valence electrons. The second-order valence-electron chi connectivity index (χ2n) is 6.38. The number of aliphatic imine (C=N–C) groups is 1. The zero-order valence-corrected chi connectivity index (χ0v) is 15.2. The Hall–Kier alpha value is -1.66. The molecule has 0 unspecified atom stereocenters. The van der Waals surface area contributed by atoms with Gasteiger partial charge in [0.2, 0.25) is 0 Å². The molecule has 0 atom stereocenters. The molecule has 0 amide bonds. The summed E-state index contributed by atoms with van der Waals surface area (Å²) in [6, 6.07) is 2.07. The molecule has 6 heteroatoms. The molecule has 0 N–H and O–H groups in total. The van der Waals surface area contributed by atoms with Crippen molar-refractivity contribution in [2.75, 3.05) is 13.1 Å². The van der Waals surface area contributed by atoms with Crippen molar-refractivity contribution < 1.29 is 0 Å². The molecule has 2 aromatic heterocycles. The molecular weight excluding hydrogens is 366 g/mol. The van der Waals surface area contributed by atoms with E-state index in [0.29, 0.717) is 0 Å². The van der Waals surface area contributed by atoms with Gasteiger partial charge in [-0.05, 0) is 46.8 Å². The van der Waals surface area contributed by atoms with Crippen molar-refractivity contribution in [1.29, 1.82) is 0 Å². The maximum Gasteiger partial charge on any atom is 0.173 e. The smallest absolute Gasteiger partial charge is 0.173 e. The Balaban J connectivity index is 1.49. The molecule has 0 spiro atoms. The second-order valence-corrected chi connectivity index (χ2v) is 7.23. The van der Waals surface area contributed by atoms with Crippen LogP contribution in [0.15, 0.2) is 34.1 Å². The van der Waals surface area contributed by atoms with Gasteiger partial charge in [-0.1, -0.05) is 0 Å². The molecule has 0 fully saturated rings. The normalized spacial score (nSPS) is 18.1. The molecular formula is C18H20BrN5. The molecule has 0 aromatic carbocycles. The number of pyridine rings is 1. The number of fused-ring (bicyclic) bond motifs is 1. The standard InChI is InChI=1S/C18H20BrN5/c19-15-10-20-7-4-13(15)11-24-8-5-16-14(12-24)9-22-18(23-16)17-3-1-2-6-21-17/h4,7,9-10H,1-3,5-6,8,11-12H2. The zero-order valence-electron chi connectivity index (χ0n) is 13.6. The number of hydrogen-bond donors (Lipinski definition) is 0. The minimum Gasteiger partial charge on any atom is -0.294 e. The van der Waals surface area contributed by atoms with E-state index < -0.39 is 0 Å². The molecule has 2 aliphatic rings. The van der Waals surface area contributed by atoms with E-state index in [0.717, 1.165) is 55.0 Å². The molecule has 0 saturated carbocycles. The lowest BCUT2D eigenvalue weighted by atomic mass is 10.0. The summed E-state index contributed by atoms with van der Waals surface area (Å²) in [6.07, 6.45) is 10.1. The Morgan fingerprint density at radius 2 is 2.12 bits per heavy atom. The average molecular weight is 386 g/mol. The summed E-state index contributed by atoms with van der Waals surface area (Å²) >= 11 is 3.58. The highest BCUT2D eigenvalue weighted by Gasteiger charge is 2.20. The molecule has 4 rings (SSSR count). The van der Waals surface area contributed by atoms with Gasteiger partial charge in [0.15, 0.2) is 5.82 Å². The summed E-state index contributed by atoms with van der Waals surface area (Å²) < 4.78 is 1.07. The van der Waals surface area contributed by atoms with Crippen molar-refractivity contribution in [3.63, 3.8) is 0 Å². The minimum atomic E-state index is 0.846. The molecule has 0 bridgehead atoms. The summed E-state index contributed by atoms with van der Waals surface area (Å²) in [6.45, 7) is 3.75. The van der Waals surface area contributed by atoms with Crippen LogP contribution in [0.2, 0.25) is 0 Å². The van der Waals surface area contributed by atoms with Crippen molar-refractivity contribution >= 4 is 21.6 Å². The van der Waals surface area contributed by atoms with Gasteiger partial charge in [0.1, 0.15) is 0 Å². The Morgan fingerprint density at radius 3 is 2.96 bits per heavy atom. The zero-order chi connectivity index (χ0) is 16.4. The van der Waals surface area contributed by atoms with Crippen LogP contribution in [0, 0.1) is 0 Å². The van der Waals surface area contributed by atoms with Gasteiger partial charge in [-0.25, -0.2) is 9.97 Å². The van der Waals surface area contributed by atoms with Gasteiger partial charge in [0.25, 0.3) is 0 Å². The molecule has 4 heterocycles. The van der Waals surface area contributed by atoms with Gasteiger partial charge in [-0.2, -0.15) is 0 Å². The Bertz CT molecular complexity index is 774. The minimum absolute atomic E-state index is 0.846. The number of nitrogens with zero attached hydrogens (tertiary/aromatic N) is 5. The quantitative estimate of drug-likeness (QED) is 0.813. The predicted molar refractivity (Wildman–Crippen MR) is 97.0 cm³/mol. The first kappa shape index (κ1) is 15.8. The van der Waals surface area contributed by atoms with Crippen LogP contribution in [0.1, 0.15) is 41.9 Å². The second kappa shape index (κ2) is 7.07. The summed E-state index contributed by atoms with van der Waals surface area (Å²) in [5, 5.41) is 0. The topological polar surface area (TPSA) is 54.3 Å². The van der Waals surface area contributed by atoms with Crippen LogP contribution in [0.4, 0.5) is 0 Å². The van der Waals surface area contributed by atoms with E-state index in [1.165, 1.54) is 29.7 Å². The van der Waals surface area contributed by atoms with Crippen LogP contribution < -0.4 is 0 Å². The first-order valence-electron chi connectivity index (χ1n) is 8.49. The fraction of sp³-hybridized carbons (Fsp3) is 0.444. The fourth-order valence-electron chi connectivity index (χ4n) is 3.30. The van der Waals surface area contributed by atoms with Crippen molar-refractivity contribution in [2.45, 2.75) is 38.8 Å². The molecule has 2 aromatic rings. The van der Waals surface area contributed by atoms with Crippen LogP contribution >= 0.6 is 15.9 Å². The van der Waals surface area contributed by atoms with Crippen molar-refractivity contribution in [3.8, 4) is 0 Å². The third kappa shape index (κ3) is 3.39. The summed E-state index contributed by atoms with van der Waals surface area (Å²) in [5.41, 5.74) is 4.79. The Kier molecular flexibility index (Phi) is 4.67. The highest BCUT2D eigenvalue weighted by molar-refractivity contribution is 9.10. The van der Waals surface area contributed by atoms with Crippen molar-refractivity contribution in [2.24, 2.45) is 4.99 Å². The Morgan fingerprint density at radius 1 is 1.17 bits per heavy atom. The number of aromatic nitrogens is 3. The van der Waals surface area contributed by atoms with Crippen LogP contribution in [0.25, 0.3) is 0 Å².